The highest BCUT2D eigenvalue weighted by Crippen LogP contribution is 2.48. The van der Waals surface area contributed by atoms with Crippen LogP contribution in [0.1, 0.15) is 69.4 Å². The monoisotopic (exact) mass is 520 g/mol. The lowest BCUT2D eigenvalue weighted by Crippen LogP contribution is -2.33. The van der Waals surface area contributed by atoms with Crippen LogP contribution in [0.4, 0.5) is 11.4 Å². The third-order valence-corrected chi connectivity index (χ3v) is 8.18. The third kappa shape index (κ3) is 6.57. The minimum absolute atomic E-state index is 0.0212. The summed E-state index contributed by atoms with van der Waals surface area (Å²) in [6, 6.07) is 32.4. The van der Waals surface area contributed by atoms with Crippen molar-refractivity contribution in [1.29, 1.82) is 0 Å². The van der Waals surface area contributed by atoms with E-state index in [-0.39, 0.29) is 5.41 Å². The second kappa shape index (κ2) is 12.3. The number of unbranched alkanes of at least 4 members (excludes halogenated alkanes) is 2. The predicted octanol–water partition coefficient (Wildman–Crippen LogP) is 9.49. The van der Waals surface area contributed by atoms with Crippen molar-refractivity contribution in [2.45, 2.75) is 63.7 Å². The molecule has 0 amide bonds. The van der Waals surface area contributed by atoms with Crippen LogP contribution < -0.4 is 20.9 Å². The number of ether oxygens (including phenoxy) is 2. The average molecular weight is 521 g/mol. The van der Waals surface area contributed by atoms with Gasteiger partial charge < -0.3 is 20.9 Å². The summed E-state index contributed by atoms with van der Waals surface area (Å²) in [6.45, 7) is 2.28. The Hall–Kier alpha value is -3.92. The summed E-state index contributed by atoms with van der Waals surface area (Å²) in [6.07, 6.45) is 10.1. The molecular weight excluding hydrogens is 480 g/mol. The molecule has 39 heavy (non-hydrogen) atoms. The molecule has 0 aliphatic heterocycles. The van der Waals surface area contributed by atoms with Gasteiger partial charge in [-0.25, -0.2) is 0 Å². The van der Waals surface area contributed by atoms with Gasteiger partial charge in [-0.15, -0.1) is 0 Å². The van der Waals surface area contributed by atoms with Gasteiger partial charge in [-0.1, -0.05) is 69.0 Å². The van der Waals surface area contributed by atoms with Crippen molar-refractivity contribution in [1.82, 2.24) is 0 Å². The number of nitrogens with two attached hydrogens (primary N) is 2. The molecule has 0 heterocycles. The van der Waals surface area contributed by atoms with E-state index >= 15 is 0 Å². The van der Waals surface area contributed by atoms with E-state index in [1.807, 2.05) is 48.5 Å². The van der Waals surface area contributed by atoms with Crippen LogP contribution in [-0.2, 0) is 5.41 Å². The molecular formula is C35H40N2O2. The van der Waals surface area contributed by atoms with Gasteiger partial charge in [-0.3, -0.25) is 0 Å². The Morgan fingerprint density at radius 3 is 1.56 bits per heavy atom. The third-order valence-electron chi connectivity index (χ3n) is 8.18. The Labute approximate surface area is 233 Å². The van der Waals surface area contributed by atoms with Crippen LogP contribution in [0, 0.1) is 5.92 Å². The lowest BCUT2D eigenvalue weighted by Gasteiger charge is -2.41. The Morgan fingerprint density at radius 1 is 0.641 bits per heavy atom. The summed E-state index contributed by atoms with van der Waals surface area (Å²) in [7, 11) is 0. The molecule has 1 aliphatic carbocycles. The number of hydrogen-bond donors (Lipinski definition) is 2. The molecule has 1 fully saturated rings. The fourth-order valence-corrected chi connectivity index (χ4v) is 6.00. The van der Waals surface area contributed by atoms with E-state index in [0.717, 1.165) is 41.8 Å². The maximum Gasteiger partial charge on any atom is 0.129 e. The largest absolute Gasteiger partial charge is 0.457 e. The zero-order chi connectivity index (χ0) is 27.1. The zero-order valence-corrected chi connectivity index (χ0v) is 22.9. The second-order valence-corrected chi connectivity index (χ2v) is 10.9. The van der Waals surface area contributed by atoms with E-state index in [1.165, 1.54) is 49.7 Å². The quantitative estimate of drug-likeness (QED) is 0.161. The van der Waals surface area contributed by atoms with E-state index in [2.05, 4.69) is 55.5 Å². The summed E-state index contributed by atoms with van der Waals surface area (Å²) in [5, 5.41) is 0. The molecule has 0 saturated heterocycles. The van der Waals surface area contributed by atoms with Gasteiger partial charge >= 0.3 is 0 Å². The minimum Gasteiger partial charge on any atom is -0.457 e. The molecule has 0 atom stereocenters. The van der Waals surface area contributed by atoms with Crippen LogP contribution in [-0.4, -0.2) is 0 Å². The van der Waals surface area contributed by atoms with Crippen LogP contribution in [0.2, 0.25) is 0 Å². The molecule has 0 unspecified atom stereocenters. The van der Waals surface area contributed by atoms with Crippen molar-refractivity contribution in [2.24, 2.45) is 5.92 Å². The Kier molecular flexibility index (Phi) is 8.41. The number of anilines is 2. The molecule has 1 saturated carbocycles. The van der Waals surface area contributed by atoms with E-state index < -0.39 is 0 Å². The molecule has 0 spiro atoms. The number of nitrogen functional groups attached to an aromatic ring is 2. The lowest BCUT2D eigenvalue weighted by atomic mass is 9.62. The van der Waals surface area contributed by atoms with Gasteiger partial charge in [0.15, 0.2) is 0 Å². The van der Waals surface area contributed by atoms with Gasteiger partial charge in [0.05, 0.1) is 0 Å². The van der Waals surface area contributed by atoms with Crippen molar-refractivity contribution < 1.29 is 9.47 Å². The van der Waals surface area contributed by atoms with Crippen LogP contribution in [0.25, 0.3) is 0 Å². The smallest absolute Gasteiger partial charge is 0.129 e. The van der Waals surface area contributed by atoms with E-state index in [0.29, 0.717) is 11.4 Å². The fraction of sp³-hybridized carbons (Fsp3) is 0.314. The number of rotatable bonds is 10. The Morgan fingerprint density at radius 2 is 1.13 bits per heavy atom. The Balaban J connectivity index is 1.38. The molecule has 4 nitrogen and oxygen atoms in total. The molecule has 0 aromatic heterocycles. The summed E-state index contributed by atoms with van der Waals surface area (Å²) in [5.74, 6) is 3.96. The van der Waals surface area contributed by atoms with Gasteiger partial charge in [0.1, 0.15) is 23.0 Å². The molecule has 5 rings (SSSR count). The first kappa shape index (κ1) is 26.7. The fourth-order valence-electron chi connectivity index (χ4n) is 6.00. The highest BCUT2D eigenvalue weighted by Gasteiger charge is 2.38. The van der Waals surface area contributed by atoms with Gasteiger partial charge in [0, 0.05) is 28.9 Å². The average Bonchev–Trinajstić information content (AvgIpc) is 2.95. The molecule has 4 N–H and O–H groups in total. The molecule has 0 radical (unpaired) electrons. The lowest BCUT2D eigenvalue weighted by molar-refractivity contribution is 0.250. The highest BCUT2D eigenvalue weighted by atomic mass is 16.5. The molecule has 4 aromatic rings. The van der Waals surface area contributed by atoms with E-state index in [1.54, 1.807) is 0 Å². The van der Waals surface area contributed by atoms with Crippen molar-refractivity contribution in [3.63, 3.8) is 0 Å². The molecule has 1 aliphatic rings. The van der Waals surface area contributed by atoms with Crippen molar-refractivity contribution in [3.05, 3.63) is 108 Å². The first-order valence-corrected chi connectivity index (χ1v) is 14.3. The molecule has 202 valence electrons. The van der Waals surface area contributed by atoms with Crippen molar-refractivity contribution >= 4 is 11.4 Å². The maximum atomic E-state index is 6.09. The van der Waals surface area contributed by atoms with Gasteiger partial charge in [-0.2, -0.15) is 0 Å². The van der Waals surface area contributed by atoms with Crippen LogP contribution in [0.3, 0.4) is 0 Å². The minimum atomic E-state index is -0.0212. The maximum absolute atomic E-state index is 6.09. The number of benzene rings is 4. The number of hydrogen-bond acceptors (Lipinski definition) is 4. The van der Waals surface area contributed by atoms with Crippen LogP contribution in [0.5, 0.6) is 23.0 Å². The summed E-state index contributed by atoms with van der Waals surface area (Å²) in [5.41, 5.74) is 15.9. The molecule has 4 heteroatoms. The standard InChI is InChI=1S/C35H40N2O2/c1-2-3-4-7-26-20-22-35(23-21-26,27-12-16-31(17-13-27)38-33-10-5-8-29(36)24-33)28-14-18-32(19-15-28)39-34-11-6-9-30(37)25-34/h5-6,8-19,24-26H,2-4,7,20-23,36-37H2,1H3. The van der Waals surface area contributed by atoms with Crippen molar-refractivity contribution in [3.8, 4) is 23.0 Å². The Bertz CT molecular complexity index is 1250. The second-order valence-electron chi connectivity index (χ2n) is 10.9. The summed E-state index contributed by atoms with van der Waals surface area (Å²) < 4.78 is 12.2. The first-order valence-electron chi connectivity index (χ1n) is 14.3. The predicted molar refractivity (Wildman–Crippen MR) is 162 cm³/mol. The first-order chi connectivity index (χ1) is 19.0. The van der Waals surface area contributed by atoms with Gasteiger partial charge in [-0.05, 0) is 91.3 Å². The van der Waals surface area contributed by atoms with Crippen LogP contribution >= 0.6 is 0 Å². The highest BCUT2D eigenvalue weighted by molar-refractivity contribution is 5.48. The van der Waals surface area contributed by atoms with Crippen LogP contribution in [0.15, 0.2) is 97.1 Å². The topological polar surface area (TPSA) is 70.5 Å². The van der Waals surface area contributed by atoms with Crippen molar-refractivity contribution in [2.75, 3.05) is 11.5 Å². The zero-order valence-electron chi connectivity index (χ0n) is 22.9. The van der Waals surface area contributed by atoms with E-state index in [4.69, 9.17) is 20.9 Å². The summed E-state index contributed by atoms with van der Waals surface area (Å²) in [4.78, 5) is 0. The van der Waals surface area contributed by atoms with Gasteiger partial charge in [0.2, 0.25) is 0 Å². The van der Waals surface area contributed by atoms with Gasteiger partial charge in [0.25, 0.3) is 0 Å². The molecule has 0 bridgehead atoms. The van der Waals surface area contributed by atoms with E-state index in [9.17, 15) is 0 Å². The summed E-state index contributed by atoms with van der Waals surface area (Å²) >= 11 is 0. The normalized spacial score (nSPS) is 15.1. The molecule has 4 aromatic carbocycles. The SMILES string of the molecule is CCCCCC1CCC(c2ccc(Oc3cccc(N)c3)cc2)(c2ccc(Oc3cccc(N)c3)cc2)CC1.